The van der Waals surface area contributed by atoms with E-state index >= 15 is 0 Å². The van der Waals surface area contributed by atoms with E-state index in [-0.39, 0.29) is 24.0 Å². The highest BCUT2D eigenvalue weighted by Gasteiger charge is 2.45. The van der Waals surface area contributed by atoms with E-state index in [2.05, 4.69) is 24.4 Å². The summed E-state index contributed by atoms with van der Waals surface area (Å²) < 4.78 is 25.5. The van der Waals surface area contributed by atoms with E-state index in [1.807, 2.05) is 12.1 Å². The number of carbonyl (C=O) groups excluding carboxylic acids is 1. The zero-order chi connectivity index (χ0) is 17.3. The number of rotatable bonds is 5. The second-order valence-electron chi connectivity index (χ2n) is 7.20. The lowest BCUT2D eigenvalue weighted by atomic mass is 9.99. The second-order valence-corrected chi connectivity index (χ2v) is 9.09. The van der Waals surface area contributed by atoms with E-state index in [0.717, 1.165) is 32.1 Å². The molecule has 2 heterocycles. The summed E-state index contributed by atoms with van der Waals surface area (Å²) in [5, 5.41) is 3.12. The number of nitrogens with zero attached hydrogens (tertiary/aromatic N) is 1. The number of carbonyl (C=O) groups is 1. The molecule has 1 N–H and O–H groups in total. The number of amides is 1. The lowest BCUT2D eigenvalue weighted by Crippen LogP contribution is -2.52. The van der Waals surface area contributed by atoms with Gasteiger partial charge in [-0.1, -0.05) is 29.8 Å². The Balaban J connectivity index is 1.52. The van der Waals surface area contributed by atoms with Crippen molar-refractivity contribution in [3.8, 4) is 0 Å². The molecule has 5 nitrogen and oxygen atoms in total. The second kappa shape index (κ2) is 6.84. The Kier molecular flexibility index (Phi) is 4.97. The topological polar surface area (TPSA) is 66.5 Å². The van der Waals surface area contributed by atoms with Crippen molar-refractivity contribution in [1.29, 1.82) is 0 Å². The molecule has 6 heteroatoms. The summed E-state index contributed by atoms with van der Waals surface area (Å²) in [4.78, 5) is 12.2. The molecule has 2 atom stereocenters. The Labute approximate surface area is 144 Å². The molecule has 2 aliphatic heterocycles. The minimum atomic E-state index is -3.14. The smallest absolute Gasteiger partial charge is 0.220 e. The van der Waals surface area contributed by atoms with Crippen LogP contribution in [-0.4, -0.2) is 43.0 Å². The molecule has 1 aromatic rings. The fourth-order valence-electron chi connectivity index (χ4n) is 4.22. The Bertz CT molecular complexity index is 703. The van der Waals surface area contributed by atoms with Gasteiger partial charge in [0.1, 0.15) is 0 Å². The molecule has 0 spiro atoms. The van der Waals surface area contributed by atoms with Crippen molar-refractivity contribution in [2.24, 2.45) is 0 Å². The van der Waals surface area contributed by atoms with Crippen molar-refractivity contribution in [1.82, 2.24) is 9.62 Å². The van der Waals surface area contributed by atoms with Crippen molar-refractivity contribution in [2.45, 2.75) is 63.6 Å². The van der Waals surface area contributed by atoms with Crippen molar-refractivity contribution in [3.63, 3.8) is 0 Å². The highest BCUT2D eigenvalue weighted by atomic mass is 32.2. The summed E-state index contributed by atoms with van der Waals surface area (Å²) in [7, 11) is -3.14. The number of fused-ring (bicyclic) bond motifs is 2. The molecular formula is C18H26N2O3S. The van der Waals surface area contributed by atoms with Gasteiger partial charge in [0.05, 0.1) is 6.26 Å². The van der Waals surface area contributed by atoms with Crippen LogP contribution in [-0.2, 0) is 21.2 Å². The van der Waals surface area contributed by atoms with Crippen LogP contribution >= 0.6 is 0 Å². The van der Waals surface area contributed by atoms with Gasteiger partial charge in [0, 0.05) is 24.5 Å². The summed E-state index contributed by atoms with van der Waals surface area (Å²) in [6.07, 6.45) is 5.80. The molecule has 2 fully saturated rings. The summed E-state index contributed by atoms with van der Waals surface area (Å²) in [5.74, 6) is 0.0636. The zero-order valence-electron chi connectivity index (χ0n) is 14.4. The maximum Gasteiger partial charge on any atom is 0.220 e. The van der Waals surface area contributed by atoms with Gasteiger partial charge in [-0.25, -0.2) is 8.42 Å². The van der Waals surface area contributed by atoms with E-state index in [0.29, 0.717) is 6.42 Å². The van der Waals surface area contributed by atoms with Crippen LogP contribution in [0.3, 0.4) is 0 Å². The molecule has 0 saturated carbocycles. The zero-order valence-corrected chi connectivity index (χ0v) is 15.2. The van der Waals surface area contributed by atoms with Gasteiger partial charge in [-0.05, 0) is 44.6 Å². The molecule has 0 radical (unpaired) electrons. The molecule has 2 saturated heterocycles. The van der Waals surface area contributed by atoms with Crippen molar-refractivity contribution in [2.75, 3.05) is 6.26 Å². The number of nitrogens with one attached hydrogen (secondary N) is 1. The highest BCUT2D eigenvalue weighted by molar-refractivity contribution is 7.88. The molecule has 1 amide bonds. The number of hydrogen-bond donors (Lipinski definition) is 1. The molecule has 0 aromatic heterocycles. The minimum Gasteiger partial charge on any atom is -0.353 e. The minimum absolute atomic E-state index is 0.0563. The van der Waals surface area contributed by atoms with Crippen LogP contribution < -0.4 is 5.32 Å². The summed E-state index contributed by atoms with van der Waals surface area (Å²) in [5.41, 5.74) is 2.38. The SMILES string of the molecule is Cc1cccc(CCC(=O)NC2CC3CCC(C2)N3S(C)(=O)=O)c1. The molecule has 2 bridgehead atoms. The van der Waals surface area contributed by atoms with Gasteiger partial charge < -0.3 is 5.32 Å². The van der Waals surface area contributed by atoms with Crippen LogP contribution in [0.2, 0.25) is 0 Å². The lowest BCUT2D eigenvalue weighted by Gasteiger charge is -2.37. The van der Waals surface area contributed by atoms with Crippen LogP contribution in [0.15, 0.2) is 24.3 Å². The molecule has 132 valence electrons. The molecule has 1 aromatic carbocycles. The van der Waals surface area contributed by atoms with Gasteiger partial charge in [0.25, 0.3) is 0 Å². The normalized spacial score (nSPS) is 27.2. The number of piperidine rings is 1. The van der Waals surface area contributed by atoms with Gasteiger partial charge >= 0.3 is 0 Å². The first-order valence-electron chi connectivity index (χ1n) is 8.66. The third-order valence-corrected chi connectivity index (χ3v) is 6.50. The van der Waals surface area contributed by atoms with Gasteiger partial charge in [0.15, 0.2) is 0 Å². The number of sulfonamides is 1. The van der Waals surface area contributed by atoms with Crippen molar-refractivity contribution in [3.05, 3.63) is 35.4 Å². The van der Waals surface area contributed by atoms with Crippen LogP contribution in [0.5, 0.6) is 0 Å². The monoisotopic (exact) mass is 350 g/mol. The third kappa shape index (κ3) is 3.98. The van der Waals surface area contributed by atoms with Crippen molar-refractivity contribution >= 4 is 15.9 Å². The summed E-state index contributed by atoms with van der Waals surface area (Å²) >= 11 is 0. The molecule has 24 heavy (non-hydrogen) atoms. The van der Waals surface area contributed by atoms with E-state index in [1.54, 1.807) is 4.31 Å². The average molecular weight is 350 g/mol. The Morgan fingerprint density at radius 2 is 1.92 bits per heavy atom. The van der Waals surface area contributed by atoms with Crippen LogP contribution in [0, 0.1) is 6.92 Å². The van der Waals surface area contributed by atoms with Gasteiger partial charge in [-0.3, -0.25) is 4.79 Å². The fourth-order valence-corrected chi connectivity index (χ4v) is 5.68. The standard InChI is InChI=1S/C18H26N2O3S/c1-13-4-3-5-14(10-13)6-9-18(21)19-15-11-16-7-8-17(12-15)20(16)24(2,22)23/h3-5,10,15-17H,6-9,11-12H2,1-2H3,(H,19,21). The van der Waals surface area contributed by atoms with Crippen LogP contribution in [0.25, 0.3) is 0 Å². The first-order valence-corrected chi connectivity index (χ1v) is 10.5. The maximum absolute atomic E-state index is 12.2. The molecule has 2 unspecified atom stereocenters. The van der Waals surface area contributed by atoms with Gasteiger partial charge in [-0.2, -0.15) is 4.31 Å². The lowest BCUT2D eigenvalue weighted by molar-refractivity contribution is -0.122. The Morgan fingerprint density at radius 1 is 1.25 bits per heavy atom. The number of hydrogen-bond acceptors (Lipinski definition) is 3. The van der Waals surface area contributed by atoms with Crippen molar-refractivity contribution < 1.29 is 13.2 Å². The van der Waals surface area contributed by atoms with Gasteiger partial charge in [-0.15, -0.1) is 0 Å². The summed E-state index contributed by atoms with van der Waals surface area (Å²) in [6.45, 7) is 2.05. The van der Waals surface area contributed by atoms with E-state index in [4.69, 9.17) is 0 Å². The Morgan fingerprint density at radius 3 is 2.50 bits per heavy atom. The van der Waals surface area contributed by atoms with Crippen LogP contribution in [0.1, 0.15) is 43.2 Å². The van der Waals surface area contributed by atoms with Crippen LogP contribution in [0.4, 0.5) is 0 Å². The Hall–Kier alpha value is -1.40. The van der Waals surface area contributed by atoms with E-state index < -0.39 is 10.0 Å². The molecule has 0 aliphatic carbocycles. The van der Waals surface area contributed by atoms with E-state index in [1.165, 1.54) is 17.4 Å². The first kappa shape index (κ1) is 17.4. The van der Waals surface area contributed by atoms with Gasteiger partial charge in [0.2, 0.25) is 15.9 Å². The largest absolute Gasteiger partial charge is 0.353 e. The predicted molar refractivity (Wildman–Crippen MR) is 94.2 cm³/mol. The average Bonchev–Trinajstić information content (AvgIpc) is 2.78. The number of benzene rings is 1. The fraction of sp³-hybridized carbons (Fsp3) is 0.611. The quantitative estimate of drug-likeness (QED) is 0.883. The predicted octanol–water partition coefficient (Wildman–Crippen LogP) is 2.00. The summed E-state index contributed by atoms with van der Waals surface area (Å²) in [6, 6.07) is 8.44. The maximum atomic E-state index is 12.2. The highest BCUT2D eigenvalue weighted by Crippen LogP contribution is 2.37. The molecule has 2 aliphatic rings. The number of aryl methyl sites for hydroxylation is 2. The first-order chi connectivity index (χ1) is 11.3. The third-order valence-electron chi connectivity index (χ3n) is 5.14. The molecule has 3 rings (SSSR count). The van der Waals surface area contributed by atoms with E-state index in [9.17, 15) is 13.2 Å². The molecular weight excluding hydrogens is 324 g/mol.